The fourth-order valence-electron chi connectivity index (χ4n) is 2.95. The molecule has 0 fully saturated rings. The van der Waals surface area contributed by atoms with E-state index in [2.05, 4.69) is 45.0 Å². The Balaban J connectivity index is 1.70. The molecular weight excluding hydrogens is 272 g/mol. The lowest BCUT2D eigenvalue weighted by molar-refractivity contribution is 0.836. The van der Waals surface area contributed by atoms with Gasteiger partial charge in [0, 0.05) is 16.3 Å². The van der Waals surface area contributed by atoms with Crippen molar-refractivity contribution >= 4 is 22.3 Å². The molecule has 108 valence electrons. The highest BCUT2D eigenvalue weighted by molar-refractivity contribution is 6.03. The second-order valence-electron chi connectivity index (χ2n) is 5.46. The van der Waals surface area contributed by atoms with Gasteiger partial charge in [-0.25, -0.2) is 0 Å². The monoisotopic (exact) mass is 288 g/mol. The number of aromatic nitrogens is 2. The largest absolute Gasteiger partial charge is 0.259 e. The Labute approximate surface area is 128 Å². The second kappa shape index (κ2) is 5.56. The lowest BCUT2D eigenvalue weighted by Crippen LogP contribution is -2.13. The van der Waals surface area contributed by atoms with Crippen molar-refractivity contribution in [3.05, 3.63) is 65.9 Å². The molecule has 0 atom stereocenters. The summed E-state index contributed by atoms with van der Waals surface area (Å²) in [5.41, 5.74) is 6.82. The maximum atomic E-state index is 4.61. The van der Waals surface area contributed by atoms with E-state index in [1.807, 2.05) is 24.3 Å². The zero-order valence-electron chi connectivity index (χ0n) is 12.2. The first kappa shape index (κ1) is 13.0. The Morgan fingerprint density at radius 3 is 2.82 bits per heavy atom. The van der Waals surface area contributed by atoms with Crippen molar-refractivity contribution in [2.75, 3.05) is 5.43 Å². The zero-order valence-corrected chi connectivity index (χ0v) is 12.2. The predicted octanol–water partition coefficient (Wildman–Crippen LogP) is 3.78. The Hall–Kier alpha value is -2.75. The number of hydrazone groups is 1. The lowest BCUT2D eigenvalue weighted by Gasteiger charge is -2.17. The first-order valence-corrected chi connectivity index (χ1v) is 7.53. The van der Waals surface area contributed by atoms with E-state index in [4.69, 9.17) is 0 Å². The summed E-state index contributed by atoms with van der Waals surface area (Å²) < 4.78 is 0. The minimum Gasteiger partial charge on any atom is -0.259 e. The molecule has 0 saturated heterocycles. The van der Waals surface area contributed by atoms with Gasteiger partial charge in [0.1, 0.15) is 0 Å². The van der Waals surface area contributed by atoms with Crippen LogP contribution in [-0.2, 0) is 6.42 Å². The fraction of sp³-hybridized carbons (Fsp3) is 0.167. The summed E-state index contributed by atoms with van der Waals surface area (Å²) in [4.78, 5) is 0. The summed E-state index contributed by atoms with van der Waals surface area (Å²) in [7, 11) is 0. The van der Waals surface area contributed by atoms with Gasteiger partial charge in [0.15, 0.2) is 5.82 Å². The number of nitrogens with zero attached hydrogens (tertiary/aromatic N) is 3. The molecule has 4 rings (SSSR count). The van der Waals surface area contributed by atoms with Gasteiger partial charge in [-0.3, -0.25) is 5.43 Å². The van der Waals surface area contributed by atoms with Crippen LogP contribution < -0.4 is 5.43 Å². The van der Waals surface area contributed by atoms with Crippen LogP contribution in [0.5, 0.6) is 0 Å². The molecule has 1 heterocycles. The average Bonchev–Trinajstić information content (AvgIpc) is 2.60. The van der Waals surface area contributed by atoms with E-state index in [0.717, 1.165) is 35.7 Å². The van der Waals surface area contributed by atoms with Crippen LogP contribution in [-0.4, -0.2) is 15.9 Å². The minimum atomic E-state index is 0.702. The Bertz CT molecular complexity index is 849. The summed E-state index contributed by atoms with van der Waals surface area (Å²) >= 11 is 0. The van der Waals surface area contributed by atoms with Crippen LogP contribution >= 0.6 is 0 Å². The average molecular weight is 288 g/mol. The molecule has 0 aliphatic heterocycles. The van der Waals surface area contributed by atoms with Crippen molar-refractivity contribution in [1.29, 1.82) is 0 Å². The van der Waals surface area contributed by atoms with Gasteiger partial charge >= 0.3 is 0 Å². The summed E-state index contributed by atoms with van der Waals surface area (Å²) in [5.74, 6) is 0.702. The number of rotatable bonds is 2. The molecule has 1 aliphatic carbocycles. The fourth-order valence-corrected chi connectivity index (χ4v) is 2.95. The van der Waals surface area contributed by atoms with Gasteiger partial charge in [-0.1, -0.05) is 48.5 Å². The molecule has 0 radical (unpaired) electrons. The SMILES string of the molecule is c1ccc2c(c1)CCCC2=NNc1nncc2ccccc12. The molecule has 4 nitrogen and oxygen atoms in total. The Kier molecular flexibility index (Phi) is 3.27. The highest BCUT2D eigenvalue weighted by Gasteiger charge is 2.14. The van der Waals surface area contributed by atoms with Crippen LogP contribution in [0.4, 0.5) is 5.82 Å². The molecule has 1 N–H and O–H groups in total. The van der Waals surface area contributed by atoms with E-state index >= 15 is 0 Å². The van der Waals surface area contributed by atoms with Crippen LogP contribution in [0.1, 0.15) is 24.0 Å². The van der Waals surface area contributed by atoms with E-state index in [1.54, 1.807) is 6.20 Å². The number of fused-ring (bicyclic) bond motifs is 2. The van der Waals surface area contributed by atoms with Crippen molar-refractivity contribution < 1.29 is 0 Å². The van der Waals surface area contributed by atoms with E-state index in [-0.39, 0.29) is 0 Å². The zero-order chi connectivity index (χ0) is 14.8. The van der Waals surface area contributed by atoms with E-state index in [9.17, 15) is 0 Å². The van der Waals surface area contributed by atoms with E-state index in [0.29, 0.717) is 5.82 Å². The predicted molar refractivity (Wildman–Crippen MR) is 89.1 cm³/mol. The summed E-state index contributed by atoms with van der Waals surface area (Å²) in [6.45, 7) is 0. The van der Waals surface area contributed by atoms with Crippen molar-refractivity contribution in [3.63, 3.8) is 0 Å². The number of anilines is 1. The first-order valence-electron chi connectivity index (χ1n) is 7.53. The van der Waals surface area contributed by atoms with Crippen LogP contribution in [0, 0.1) is 0 Å². The lowest BCUT2D eigenvalue weighted by atomic mass is 9.90. The smallest absolute Gasteiger partial charge is 0.176 e. The van der Waals surface area contributed by atoms with Gasteiger partial charge in [0.2, 0.25) is 0 Å². The van der Waals surface area contributed by atoms with Crippen molar-refractivity contribution in [1.82, 2.24) is 10.2 Å². The standard InChI is InChI=1S/C18H16N4/c1-3-9-15-13(6-1)8-5-11-17(15)20-22-18-16-10-4-2-7-14(16)12-19-21-18/h1-4,6-7,9-10,12H,5,8,11H2,(H,21,22). The molecule has 0 unspecified atom stereocenters. The quantitative estimate of drug-likeness (QED) is 0.730. The third-order valence-electron chi connectivity index (χ3n) is 4.06. The molecule has 22 heavy (non-hydrogen) atoms. The molecule has 0 saturated carbocycles. The maximum Gasteiger partial charge on any atom is 0.176 e. The van der Waals surface area contributed by atoms with E-state index in [1.165, 1.54) is 11.1 Å². The topological polar surface area (TPSA) is 50.2 Å². The summed E-state index contributed by atoms with van der Waals surface area (Å²) in [5, 5.41) is 14.9. The normalized spacial score (nSPS) is 15.7. The number of benzene rings is 2. The van der Waals surface area contributed by atoms with Crippen molar-refractivity contribution in [2.24, 2.45) is 5.10 Å². The Morgan fingerprint density at radius 2 is 1.82 bits per heavy atom. The Morgan fingerprint density at radius 1 is 0.955 bits per heavy atom. The van der Waals surface area contributed by atoms with E-state index < -0.39 is 0 Å². The van der Waals surface area contributed by atoms with Gasteiger partial charge in [0.05, 0.1) is 11.9 Å². The van der Waals surface area contributed by atoms with Gasteiger partial charge in [-0.2, -0.15) is 10.2 Å². The summed E-state index contributed by atoms with van der Waals surface area (Å²) in [6.07, 6.45) is 5.02. The maximum absolute atomic E-state index is 4.61. The number of aryl methyl sites for hydroxylation is 1. The van der Waals surface area contributed by atoms with Gasteiger partial charge in [-0.05, 0) is 24.8 Å². The molecule has 0 spiro atoms. The van der Waals surface area contributed by atoms with Crippen molar-refractivity contribution in [2.45, 2.75) is 19.3 Å². The van der Waals surface area contributed by atoms with Gasteiger partial charge in [-0.15, -0.1) is 5.10 Å². The third kappa shape index (κ3) is 2.33. The molecule has 1 aromatic heterocycles. The third-order valence-corrected chi connectivity index (χ3v) is 4.06. The highest BCUT2D eigenvalue weighted by Crippen LogP contribution is 2.23. The first-order chi connectivity index (χ1) is 10.9. The molecule has 2 aromatic carbocycles. The van der Waals surface area contributed by atoms with Gasteiger partial charge in [0.25, 0.3) is 0 Å². The minimum absolute atomic E-state index is 0.702. The van der Waals surface area contributed by atoms with Gasteiger partial charge < -0.3 is 0 Å². The second-order valence-corrected chi connectivity index (χ2v) is 5.46. The molecular formula is C18H16N4. The molecule has 3 aromatic rings. The molecule has 0 amide bonds. The number of nitrogens with one attached hydrogen (secondary N) is 1. The van der Waals surface area contributed by atoms with Crippen molar-refractivity contribution in [3.8, 4) is 0 Å². The molecule has 0 bridgehead atoms. The summed E-state index contributed by atoms with van der Waals surface area (Å²) in [6, 6.07) is 16.5. The molecule has 4 heteroatoms. The molecule has 1 aliphatic rings. The van der Waals surface area contributed by atoms with Crippen LogP contribution in [0.3, 0.4) is 0 Å². The van der Waals surface area contributed by atoms with Crippen LogP contribution in [0.25, 0.3) is 10.8 Å². The number of hydrogen-bond acceptors (Lipinski definition) is 4. The number of hydrogen-bond donors (Lipinski definition) is 1. The van der Waals surface area contributed by atoms with Crippen LogP contribution in [0.15, 0.2) is 59.8 Å². The van der Waals surface area contributed by atoms with Crippen LogP contribution in [0.2, 0.25) is 0 Å². The highest BCUT2D eigenvalue weighted by atomic mass is 15.3.